The Bertz CT molecular complexity index is 510. The maximum absolute atomic E-state index is 12.6. The lowest BCUT2D eigenvalue weighted by atomic mass is 9.91. The molecule has 116 valence electrons. The van der Waals surface area contributed by atoms with Crippen molar-refractivity contribution in [1.29, 1.82) is 0 Å². The quantitative estimate of drug-likeness (QED) is 0.927. The second-order valence-electron chi connectivity index (χ2n) is 5.31. The van der Waals surface area contributed by atoms with Crippen LogP contribution in [-0.2, 0) is 0 Å². The molecule has 0 spiro atoms. The van der Waals surface area contributed by atoms with Gasteiger partial charge in [0.15, 0.2) is 0 Å². The summed E-state index contributed by atoms with van der Waals surface area (Å²) >= 11 is 6.08. The van der Waals surface area contributed by atoms with Gasteiger partial charge in [-0.05, 0) is 31.7 Å². The van der Waals surface area contributed by atoms with E-state index in [0.717, 1.165) is 12.8 Å². The number of pyridine rings is 1. The Morgan fingerprint density at radius 2 is 2.38 bits per heavy atom. The highest BCUT2D eigenvalue weighted by Crippen LogP contribution is 2.27. The number of ether oxygens (including phenoxy) is 1. The monoisotopic (exact) mass is 312 g/mol. The van der Waals surface area contributed by atoms with Crippen LogP contribution in [0.25, 0.3) is 0 Å². The van der Waals surface area contributed by atoms with Crippen LogP contribution in [0.5, 0.6) is 5.88 Å². The fourth-order valence-electron chi connectivity index (χ4n) is 2.73. The van der Waals surface area contributed by atoms with Crippen LogP contribution in [0.3, 0.4) is 0 Å². The number of hydrogen-bond donors (Lipinski definition) is 1. The largest absolute Gasteiger partial charge is 0.477 e. The smallest absolute Gasteiger partial charge is 0.255 e. The van der Waals surface area contributed by atoms with Gasteiger partial charge in [0.05, 0.1) is 24.8 Å². The van der Waals surface area contributed by atoms with Gasteiger partial charge in [0, 0.05) is 12.7 Å². The highest BCUT2D eigenvalue weighted by atomic mass is 35.5. The molecule has 1 aromatic heterocycles. The van der Waals surface area contributed by atoms with Crippen molar-refractivity contribution in [3.63, 3.8) is 0 Å². The molecular weight excluding hydrogens is 292 g/mol. The lowest BCUT2D eigenvalue weighted by Gasteiger charge is -2.39. The zero-order chi connectivity index (χ0) is 15.4. The second kappa shape index (κ2) is 7.09. The molecule has 0 aliphatic carbocycles. The summed E-state index contributed by atoms with van der Waals surface area (Å²) < 4.78 is 5.27. The number of rotatable bonds is 4. The third-order valence-electron chi connectivity index (χ3n) is 3.90. The molecule has 1 fully saturated rings. The van der Waals surface area contributed by atoms with Crippen molar-refractivity contribution < 1.29 is 14.6 Å². The van der Waals surface area contributed by atoms with Crippen molar-refractivity contribution in [2.24, 2.45) is 5.92 Å². The molecule has 0 saturated carbocycles. The Kier molecular flexibility index (Phi) is 5.42. The summed E-state index contributed by atoms with van der Waals surface area (Å²) in [5, 5.41) is 9.87. The molecule has 1 aliphatic rings. The number of halogens is 1. The van der Waals surface area contributed by atoms with Gasteiger partial charge in [0.2, 0.25) is 5.88 Å². The summed E-state index contributed by atoms with van der Waals surface area (Å²) in [5.41, 5.74) is 0.427. The van der Waals surface area contributed by atoms with Crippen LogP contribution in [-0.4, -0.2) is 46.7 Å². The molecule has 1 amide bonds. The first-order valence-corrected chi connectivity index (χ1v) is 7.66. The van der Waals surface area contributed by atoms with E-state index in [0.29, 0.717) is 35.5 Å². The lowest BCUT2D eigenvalue weighted by molar-refractivity contribution is 0.0358. The van der Waals surface area contributed by atoms with E-state index in [9.17, 15) is 9.90 Å². The molecule has 0 radical (unpaired) electrons. The summed E-state index contributed by atoms with van der Waals surface area (Å²) in [5.74, 6) is 0.485. The molecule has 1 saturated heterocycles. The Morgan fingerprint density at radius 1 is 1.62 bits per heavy atom. The van der Waals surface area contributed by atoms with Gasteiger partial charge in [-0.1, -0.05) is 18.5 Å². The summed E-state index contributed by atoms with van der Waals surface area (Å²) in [4.78, 5) is 18.4. The van der Waals surface area contributed by atoms with Crippen molar-refractivity contribution >= 4 is 17.5 Å². The number of amides is 1. The van der Waals surface area contributed by atoms with Gasteiger partial charge >= 0.3 is 0 Å². The minimum atomic E-state index is -0.142. The molecule has 21 heavy (non-hydrogen) atoms. The topological polar surface area (TPSA) is 62.7 Å². The molecule has 2 rings (SSSR count). The van der Waals surface area contributed by atoms with Gasteiger partial charge in [-0.3, -0.25) is 4.79 Å². The Hall–Kier alpha value is -1.33. The highest BCUT2D eigenvalue weighted by molar-refractivity contribution is 6.32. The van der Waals surface area contributed by atoms with Gasteiger partial charge in [-0.2, -0.15) is 0 Å². The van der Waals surface area contributed by atoms with Crippen LogP contribution in [0.1, 0.15) is 37.0 Å². The third-order valence-corrected chi connectivity index (χ3v) is 4.17. The number of aliphatic hydroxyl groups is 1. The molecule has 1 aromatic rings. The molecule has 1 aliphatic heterocycles. The van der Waals surface area contributed by atoms with E-state index in [-0.39, 0.29) is 18.6 Å². The zero-order valence-corrected chi connectivity index (χ0v) is 13.1. The first-order chi connectivity index (χ1) is 10.1. The predicted octanol–water partition coefficient (Wildman–Crippen LogP) is 2.37. The van der Waals surface area contributed by atoms with E-state index in [1.807, 2.05) is 6.92 Å². The second-order valence-corrected chi connectivity index (χ2v) is 5.72. The van der Waals surface area contributed by atoms with Crippen molar-refractivity contribution in [2.45, 2.75) is 32.7 Å². The molecule has 0 aromatic carbocycles. The first-order valence-electron chi connectivity index (χ1n) is 7.28. The van der Waals surface area contributed by atoms with Crippen LogP contribution < -0.4 is 4.74 Å². The molecule has 2 unspecified atom stereocenters. The molecular formula is C15H21ClN2O3. The summed E-state index contributed by atoms with van der Waals surface area (Å²) in [6.07, 6.45) is 3.45. The van der Waals surface area contributed by atoms with E-state index in [4.69, 9.17) is 16.3 Å². The van der Waals surface area contributed by atoms with E-state index in [1.165, 1.54) is 6.20 Å². The molecule has 0 bridgehead atoms. The third kappa shape index (κ3) is 3.47. The zero-order valence-electron chi connectivity index (χ0n) is 12.4. The normalized spacial score (nSPS) is 22.2. The minimum absolute atomic E-state index is 0.0227. The van der Waals surface area contributed by atoms with Crippen molar-refractivity contribution in [3.05, 3.63) is 22.8 Å². The van der Waals surface area contributed by atoms with E-state index < -0.39 is 0 Å². The number of nitrogens with zero attached hydrogens (tertiary/aromatic N) is 2. The Balaban J connectivity index is 2.20. The van der Waals surface area contributed by atoms with Crippen LogP contribution in [0.2, 0.25) is 5.02 Å². The SMILES string of the molecule is CCOc1ncc(C(=O)N2CCCC(C)C2CO)cc1Cl. The number of carbonyl (C=O) groups excluding carboxylic acids is 1. The number of aliphatic hydroxyl groups excluding tert-OH is 1. The summed E-state index contributed by atoms with van der Waals surface area (Å²) in [6.45, 7) is 5.00. The summed E-state index contributed by atoms with van der Waals surface area (Å²) in [6, 6.07) is 1.44. The van der Waals surface area contributed by atoms with Gasteiger partial charge < -0.3 is 14.7 Å². The number of likely N-dealkylation sites (tertiary alicyclic amines) is 1. The van der Waals surface area contributed by atoms with Gasteiger partial charge in [0.1, 0.15) is 5.02 Å². The Morgan fingerprint density at radius 3 is 3.00 bits per heavy atom. The predicted molar refractivity (Wildman–Crippen MR) is 80.7 cm³/mol. The van der Waals surface area contributed by atoms with Gasteiger partial charge in [-0.15, -0.1) is 0 Å². The fourth-order valence-corrected chi connectivity index (χ4v) is 2.95. The Labute approximate surface area is 129 Å². The first kappa shape index (κ1) is 16.0. The molecule has 6 heteroatoms. The highest BCUT2D eigenvalue weighted by Gasteiger charge is 2.32. The summed E-state index contributed by atoms with van der Waals surface area (Å²) in [7, 11) is 0. The van der Waals surface area contributed by atoms with Crippen LogP contribution in [0.4, 0.5) is 0 Å². The molecule has 1 N–H and O–H groups in total. The average molecular weight is 313 g/mol. The van der Waals surface area contributed by atoms with E-state index in [1.54, 1.807) is 11.0 Å². The number of hydrogen-bond acceptors (Lipinski definition) is 4. The van der Waals surface area contributed by atoms with E-state index >= 15 is 0 Å². The lowest BCUT2D eigenvalue weighted by Crippen LogP contribution is -2.49. The van der Waals surface area contributed by atoms with Gasteiger partial charge in [-0.25, -0.2) is 4.98 Å². The maximum Gasteiger partial charge on any atom is 0.255 e. The molecule has 2 atom stereocenters. The van der Waals surface area contributed by atoms with Crippen LogP contribution in [0, 0.1) is 5.92 Å². The average Bonchev–Trinajstić information content (AvgIpc) is 2.48. The molecule has 2 heterocycles. The van der Waals surface area contributed by atoms with Crippen molar-refractivity contribution in [3.8, 4) is 5.88 Å². The van der Waals surface area contributed by atoms with E-state index in [2.05, 4.69) is 11.9 Å². The van der Waals surface area contributed by atoms with Crippen LogP contribution in [0.15, 0.2) is 12.3 Å². The fraction of sp³-hybridized carbons (Fsp3) is 0.600. The number of aromatic nitrogens is 1. The minimum Gasteiger partial charge on any atom is -0.477 e. The van der Waals surface area contributed by atoms with Crippen LogP contribution >= 0.6 is 11.6 Å². The maximum atomic E-state index is 12.6. The van der Waals surface area contributed by atoms with Gasteiger partial charge in [0.25, 0.3) is 5.91 Å². The number of piperidine rings is 1. The number of carbonyl (C=O) groups is 1. The van der Waals surface area contributed by atoms with Crippen molar-refractivity contribution in [2.75, 3.05) is 19.8 Å². The van der Waals surface area contributed by atoms with Crippen molar-refractivity contribution in [1.82, 2.24) is 9.88 Å². The molecule has 5 nitrogen and oxygen atoms in total. The standard InChI is InChI=1S/C15H21ClN2O3/c1-3-21-14-12(16)7-11(8-17-14)15(20)18-6-4-5-10(2)13(18)9-19/h7-8,10,13,19H,3-6,9H2,1-2H3.